The topological polar surface area (TPSA) is 64.7 Å². The van der Waals surface area contributed by atoms with E-state index < -0.39 is 0 Å². The number of hydrogen-bond donors (Lipinski definition) is 1. The van der Waals surface area contributed by atoms with Gasteiger partial charge >= 0.3 is 0 Å². The summed E-state index contributed by atoms with van der Waals surface area (Å²) >= 11 is 0. The van der Waals surface area contributed by atoms with Crippen molar-refractivity contribution in [3.05, 3.63) is 18.5 Å². The van der Waals surface area contributed by atoms with Crippen LogP contribution in [0.1, 0.15) is 38.1 Å². The molecule has 4 heteroatoms. The van der Waals surface area contributed by atoms with Gasteiger partial charge in [0, 0.05) is 0 Å². The third-order valence-electron chi connectivity index (χ3n) is 1.71. The first-order chi connectivity index (χ1) is 5.84. The van der Waals surface area contributed by atoms with Crippen LogP contribution in [0.4, 0.5) is 0 Å². The van der Waals surface area contributed by atoms with Crippen molar-refractivity contribution < 1.29 is 0 Å². The van der Waals surface area contributed by atoms with E-state index in [2.05, 4.69) is 21.9 Å². The molecule has 0 aromatic carbocycles. The highest BCUT2D eigenvalue weighted by Crippen LogP contribution is 2.10. The van der Waals surface area contributed by atoms with E-state index in [1.54, 1.807) is 0 Å². The summed E-state index contributed by atoms with van der Waals surface area (Å²) in [6.07, 6.45) is 6.18. The van der Waals surface area contributed by atoms with Crippen molar-refractivity contribution in [1.29, 1.82) is 0 Å². The molecule has 0 saturated carbocycles. The predicted octanol–water partition coefficient (Wildman–Crippen LogP) is 1.06. The fraction of sp³-hybridized carbons (Fsp3) is 0.625. The monoisotopic (exact) mass is 166 g/mol. The van der Waals surface area contributed by atoms with Crippen molar-refractivity contribution >= 4 is 0 Å². The van der Waals surface area contributed by atoms with Crippen LogP contribution in [0, 0.1) is 0 Å². The molecule has 12 heavy (non-hydrogen) atoms. The maximum absolute atomic E-state index is 5.83. The Morgan fingerprint density at radius 1 is 1.42 bits per heavy atom. The molecule has 0 saturated heterocycles. The van der Waals surface area contributed by atoms with Crippen molar-refractivity contribution in [3.8, 4) is 0 Å². The zero-order valence-corrected chi connectivity index (χ0v) is 7.27. The van der Waals surface area contributed by atoms with Crippen LogP contribution in [-0.2, 0) is 0 Å². The quantitative estimate of drug-likeness (QED) is 0.726. The van der Waals surface area contributed by atoms with Crippen LogP contribution in [0.5, 0.6) is 0 Å². The van der Waals surface area contributed by atoms with E-state index in [0.717, 1.165) is 19.3 Å². The standard InChI is InChI=1S/C8H14N4/c1-2-3-4-7(9)8-11-5-10-6-12-8/h5-7H,2-4,9H2,1H3. The van der Waals surface area contributed by atoms with Gasteiger partial charge in [-0.2, -0.15) is 0 Å². The summed E-state index contributed by atoms with van der Waals surface area (Å²) in [7, 11) is 0. The Balaban J connectivity index is 2.48. The molecular weight excluding hydrogens is 152 g/mol. The molecule has 0 aliphatic heterocycles. The molecule has 1 aromatic heterocycles. The van der Waals surface area contributed by atoms with Gasteiger partial charge in [0.15, 0.2) is 0 Å². The normalized spacial score (nSPS) is 12.8. The highest BCUT2D eigenvalue weighted by atomic mass is 15.0. The van der Waals surface area contributed by atoms with Crippen LogP contribution in [-0.4, -0.2) is 15.0 Å². The van der Waals surface area contributed by atoms with E-state index in [1.165, 1.54) is 12.7 Å². The van der Waals surface area contributed by atoms with E-state index in [0.29, 0.717) is 5.82 Å². The molecule has 1 atom stereocenters. The highest BCUT2D eigenvalue weighted by Gasteiger charge is 2.06. The summed E-state index contributed by atoms with van der Waals surface area (Å²) in [6, 6.07) is -0.0343. The van der Waals surface area contributed by atoms with Gasteiger partial charge in [-0.15, -0.1) is 0 Å². The van der Waals surface area contributed by atoms with E-state index in [9.17, 15) is 0 Å². The van der Waals surface area contributed by atoms with E-state index in [1.807, 2.05) is 0 Å². The van der Waals surface area contributed by atoms with Crippen LogP contribution in [0.3, 0.4) is 0 Å². The molecule has 0 amide bonds. The minimum Gasteiger partial charge on any atom is -0.321 e. The van der Waals surface area contributed by atoms with Crippen LogP contribution >= 0.6 is 0 Å². The summed E-state index contributed by atoms with van der Waals surface area (Å²) in [5, 5.41) is 0. The van der Waals surface area contributed by atoms with E-state index >= 15 is 0 Å². The van der Waals surface area contributed by atoms with Crippen molar-refractivity contribution in [3.63, 3.8) is 0 Å². The molecule has 66 valence electrons. The first-order valence-corrected chi connectivity index (χ1v) is 4.22. The number of unbranched alkanes of at least 4 members (excludes halogenated alkanes) is 1. The fourth-order valence-corrected chi connectivity index (χ4v) is 0.993. The van der Waals surface area contributed by atoms with Crippen molar-refractivity contribution in [2.75, 3.05) is 0 Å². The minimum absolute atomic E-state index is 0.0343. The summed E-state index contributed by atoms with van der Waals surface area (Å²) in [5.41, 5.74) is 5.83. The molecule has 1 rings (SSSR count). The zero-order valence-electron chi connectivity index (χ0n) is 7.27. The van der Waals surface area contributed by atoms with Gasteiger partial charge < -0.3 is 5.73 Å². The fourth-order valence-electron chi connectivity index (χ4n) is 0.993. The molecule has 4 nitrogen and oxygen atoms in total. The van der Waals surface area contributed by atoms with Crippen molar-refractivity contribution in [1.82, 2.24) is 15.0 Å². The summed E-state index contributed by atoms with van der Waals surface area (Å²) in [6.45, 7) is 2.14. The maximum Gasteiger partial charge on any atom is 0.148 e. The lowest BCUT2D eigenvalue weighted by atomic mass is 10.1. The Morgan fingerprint density at radius 2 is 2.08 bits per heavy atom. The largest absolute Gasteiger partial charge is 0.321 e. The van der Waals surface area contributed by atoms with Gasteiger partial charge in [0.1, 0.15) is 18.5 Å². The smallest absolute Gasteiger partial charge is 0.148 e. The number of nitrogens with two attached hydrogens (primary N) is 1. The Labute approximate surface area is 72.3 Å². The van der Waals surface area contributed by atoms with E-state index in [-0.39, 0.29) is 6.04 Å². The highest BCUT2D eigenvalue weighted by molar-refractivity contribution is 4.89. The molecule has 0 radical (unpaired) electrons. The van der Waals surface area contributed by atoms with Crippen LogP contribution in [0.25, 0.3) is 0 Å². The number of hydrogen-bond acceptors (Lipinski definition) is 4. The van der Waals surface area contributed by atoms with Gasteiger partial charge in [-0.1, -0.05) is 19.8 Å². The summed E-state index contributed by atoms with van der Waals surface area (Å²) in [5.74, 6) is 0.693. The Bertz CT molecular complexity index is 212. The van der Waals surface area contributed by atoms with Gasteiger partial charge in [-0.05, 0) is 6.42 Å². The van der Waals surface area contributed by atoms with Crippen LogP contribution in [0.15, 0.2) is 12.7 Å². The predicted molar refractivity (Wildman–Crippen MR) is 46.3 cm³/mol. The molecule has 1 aromatic rings. The lowest BCUT2D eigenvalue weighted by Gasteiger charge is -2.07. The van der Waals surface area contributed by atoms with Gasteiger partial charge in [-0.3, -0.25) is 0 Å². The average Bonchev–Trinajstić information content (AvgIpc) is 2.15. The van der Waals surface area contributed by atoms with Gasteiger partial charge in [0.25, 0.3) is 0 Å². The molecule has 0 spiro atoms. The summed E-state index contributed by atoms with van der Waals surface area (Å²) in [4.78, 5) is 11.7. The molecule has 0 bridgehead atoms. The second-order valence-electron chi connectivity index (χ2n) is 2.75. The molecular formula is C8H14N4. The molecule has 0 fully saturated rings. The molecule has 0 aliphatic rings. The van der Waals surface area contributed by atoms with Gasteiger partial charge in [-0.25, -0.2) is 15.0 Å². The Hall–Kier alpha value is -1.03. The summed E-state index contributed by atoms with van der Waals surface area (Å²) < 4.78 is 0. The van der Waals surface area contributed by atoms with Crippen LogP contribution in [0.2, 0.25) is 0 Å². The molecule has 1 heterocycles. The lowest BCUT2D eigenvalue weighted by molar-refractivity contribution is 0.572. The third-order valence-corrected chi connectivity index (χ3v) is 1.71. The zero-order chi connectivity index (χ0) is 8.81. The second kappa shape index (κ2) is 4.77. The SMILES string of the molecule is CCCCC(N)c1ncncn1. The first kappa shape index (κ1) is 9.06. The molecule has 0 aliphatic carbocycles. The molecule has 1 unspecified atom stereocenters. The number of aromatic nitrogens is 3. The first-order valence-electron chi connectivity index (χ1n) is 4.22. The second-order valence-corrected chi connectivity index (χ2v) is 2.75. The average molecular weight is 166 g/mol. The number of rotatable bonds is 4. The van der Waals surface area contributed by atoms with Crippen molar-refractivity contribution in [2.24, 2.45) is 5.73 Å². The Morgan fingerprint density at radius 3 is 2.67 bits per heavy atom. The third kappa shape index (κ3) is 2.54. The van der Waals surface area contributed by atoms with Gasteiger partial charge in [0.2, 0.25) is 0 Å². The van der Waals surface area contributed by atoms with Gasteiger partial charge in [0.05, 0.1) is 6.04 Å². The minimum atomic E-state index is -0.0343. The lowest BCUT2D eigenvalue weighted by Crippen LogP contribution is -2.13. The molecule has 2 N–H and O–H groups in total. The number of nitrogens with zero attached hydrogens (tertiary/aromatic N) is 3. The Kier molecular flexibility index (Phi) is 3.60. The van der Waals surface area contributed by atoms with E-state index in [4.69, 9.17) is 5.73 Å². The van der Waals surface area contributed by atoms with Crippen LogP contribution < -0.4 is 5.73 Å². The maximum atomic E-state index is 5.83. The van der Waals surface area contributed by atoms with Crippen molar-refractivity contribution in [2.45, 2.75) is 32.2 Å².